The Morgan fingerprint density at radius 2 is 2.10 bits per heavy atom. The SMILES string of the molecule is CCOC(=O)C(Cn1cnc2cc(C)c(C)cc21)NC. The molecule has 1 unspecified atom stereocenters. The van der Waals surface area contributed by atoms with E-state index in [0.717, 1.165) is 11.0 Å². The van der Waals surface area contributed by atoms with Crippen molar-refractivity contribution >= 4 is 17.0 Å². The van der Waals surface area contributed by atoms with E-state index in [0.29, 0.717) is 13.2 Å². The van der Waals surface area contributed by atoms with Crippen molar-refractivity contribution in [2.45, 2.75) is 33.4 Å². The average Bonchev–Trinajstić information content (AvgIpc) is 2.79. The molecule has 1 atom stereocenters. The second-order valence-corrected chi connectivity index (χ2v) is 4.92. The molecule has 0 saturated carbocycles. The van der Waals surface area contributed by atoms with Crippen LogP contribution < -0.4 is 5.32 Å². The van der Waals surface area contributed by atoms with Gasteiger partial charge in [0.2, 0.25) is 0 Å². The molecule has 0 amide bonds. The van der Waals surface area contributed by atoms with E-state index in [9.17, 15) is 4.79 Å². The maximum absolute atomic E-state index is 11.8. The van der Waals surface area contributed by atoms with Gasteiger partial charge in [-0.3, -0.25) is 4.79 Å². The molecule has 108 valence electrons. The number of hydrogen-bond acceptors (Lipinski definition) is 4. The van der Waals surface area contributed by atoms with Crippen LogP contribution in [0, 0.1) is 13.8 Å². The third-order valence-electron chi connectivity index (χ3n) is 3.54. The number of benzene rings is 1. The monoisotopic (exact) mass is 275 g/mol. The van der Waals surface area contributed by atoms with Gasteiger partial charge in [0, 0.05) is 0 Å². The Kier molecular flexibility index (Phi) is 4.39. The van der Waals surface area contributed by atoms with Crippen LogP contribution in [0.15, 0.2) is 18.5 Å². The predicted octanol–water partition coefficient (Wildman–Crippen LogP) is 1.80. The molecule has 2 aromatic rings. The number of fused-ring (bicyclic) bond motifs is 1. The first kappa shape index (κ1) is 14.5. The maximum atomic E-state index is 11.8. The van der Waals surface area contributed by atoms with Crippen LogP contribution in [0.5, 0.6) is 0 Å². The van der Waals surface area contributed by atoms with Gasteiger partial charge in [-0.25, -0.2) is 4.98 Å². The number of carbonyl (C=O) groups is 1. The molecule has 0 aliphatic heterocycles. The molecule has 0 aliphatic carbocycles. The van der Waals surface area contributed by atoms with Crippen LogP contribution in [0.2, 0.25) is 0 Å². The number of carbonyl (C=O) groups excluding carboxylic acids is 1. The zero-order valence-electron chi connectivity index (χ0n) is 12.4. The first-order valence-corrected chi connectivity index (χ1v) is 6.82. The van der Waals surface area contributed by atoms with Gasteiger partial charge in [-0.1, -0.05) is 0 Å². The molecule has 0 spiro atoms. The van der Waals surface area contributed by atoms with E-state index in [2.05, 4.69) is 36.3 Å². The number of hydrogen-bond donors (Lipinski definition) is 1. The molecular weight excluding hydrogens is 254 g/mol. The summed E-state index contributed by atoms with van der Waals surface area (Å²) in [4.78, 5) is 16.2. The Morgan fingerprint density at radius 1 is 1.40 bits per heavy atom. The highest BCUT2D eigenvalue weighted by molar-refractivity contribution is 5.79. The van der Waals surface area contributed by atoms with Crippen molar-refractivity contribution in [3.8, 4) is 0 Å². The zero-order valence-corrected chi connectivity index (χ0v) is 12.4. The summed E-state index contributed by atoms with van der Waals surface area (Å²) in [6.45, 7) is 6.85. The van der Waals surface area contributed by atoms with Crippen molar-refractivity contribution in [2.75, 3.05) is 13.7 Å². The highest BCUT2D eigenvalue weighted by atomic mass is 16.5. The lowest BCUT2D eigenvalue weighted by molar-refractivity contribution is -0.145. The van der Waals surface area contributed by atoms with Gasteiger partial charge in [0.1, 0.15) is 6.04 Å². The number of aromatic nitrogens is 2. The molecule has 0 fully saturated rings. The number of imidazole rings is 1. The van der Waals surface area contributed by atoms with Gasteiger partial charge in [-0.05, 0) is 51.1 Å². The Bertz CT molecular complexity index is 619. The fraction of sp³-hybridized carbons (Fsp3) is 0.467. The van der Waals surface area contributed by atoms with Crippen molar-refractivity contribution in [3.05, 3.63) is 29.6 Å². The van der Waals surface area contributed by atoms with E-state index in [4.69, 9.17) is 4.74 Å². The van der Waals surface area contributed by atoms with Gasteiger partial charge in [0.15, 0.2) is 0 Å². The van der Waals surface area contributed by atoms with E-state index >= 15 is 0 Å². The summed E-state index contributed by atoms with van der Waals surface area (Å²) in [5.41, 5.74) is 4.43. The number of likely N-dealkylation sites (N-methyl/N-ethyl adjacent to an activating group) is 1. The van der Waals surface area contributed by atoms with E-state index < -0.39 is 0 Å². The molecule has 0 radical (unpaired) electrons. The highest BCUT2D eigenvalue weighted by Crippen LogP contribution is 2.18. The number of aryl methyl sites for hydroxylation is 2. The summed E-state index contributed by atoms with van der Waals surface area (Å²) in [5, 5.41) is 2.99. The first-order chi connectivity index (χ1) is 9.56. The molecular formula is C15H21N3O2. The summed E-state index contributed by atoms with van der Waals surface area (Å²) >= 11 is 0. The molecule has 1 heterocycles. The first-order valence-electron chi connectivity index (χ1n) is 6.82. The van der Waals surface area contributed by atoms with Crippen LogP contribution >= 0.6 is 0 Å². The van der Waals surface area contributed by atoms with Crippen LogP contribution in [-0.4, -0.2) is 35.2 Å². The van der Waals surface area contributed by atoms with Gasteiger partial charge < -0.3 is 14.6 Å². The largest absolute Gasteiger partial charge is 0.465 e. The molecule has 5 nitrogen and oxygen atoms in total. The summed E-state index contributed by atoms with van der Waals surface area (Å²) in [7, 11) is 1.76. The lowest BCUT2D eigenvalue weighted by atomic mass is 10.1. The van der Waals surface area contributed by atoms with Crippen molar-refractivity contribution < 1.29 is 9.53 Å². The Morgan fingerprint density at radius 3 is 2.75 bits per heavy atom. The molecule has 2 rings (SSSR count). The van der Waals surface area contributed by atoms with Crippen LogP contribution in [0.25, 0.3) is 11.0 Å². The average molecular weight is 275 g/mol. The smallest absolute Gasteiger partial charge is 0.324 e. The molecule has 1 aromatic heterocycles. The molecule has 1 aromatic carbocycles. The molecule has 20 heavy (non-hydrogen) atoms. The normalized spacial score (nSPS) is 12.6. The Balaban J connectivity index is 2.29. The van der Waals surface area contributed by atoms with E-state index in [-0.39, 0.29) is 12.0 Å². The maximum Gasteiger partial charge on any atom is 0.324 e. The molecule has 0 saturated heterocycles. The van der Waals surface area contributed by atoms with Crippen LogP contribution in [0.4, 0.5) is 0 Å². The fourth-order valence-corrected chi connectivity index (χ4v) is 2.18. The van der Waals surface area contributed by atoms with Gasteiger partial charge in [0.25, 0.3) is 0 Å². The predicted molar refractivity (Wildman–Crippen MR) is 78.7 cm³/mol. The molecule has 5 heteroatoms. The summed E-state index contributed by atoms with van der Waals surface area (Å²) < 4.78 is 7.05. The minimum absolute atomic E-state index is 0.235. The summed E-state index contributed by atoms with van der Waals surface area (Å²) in [6.07, 6.45) is 1.77. The van der Waals surface area contributed by atoms with Gasteiger partial charge >= 0.3 is 5.97 Å². The number of ether oxygens (including phenoxy) is 1. The van der Waals surface area contributed by atoms with Gasteiger partial charge in [-0.15, -0.1) is 0 Å². The Labute approximate surface area is 118 Å². The van der Waals surface area contributed by atoms with Crippen LogP contribution in [0.1, 0.15) is 18.1 Å². The van der Waals surface area contributed by atoms with Crippen molar-refractivity contribution in [2.24, 2.45) is 0 Å². The standard InChI is InChI=1S/C15H21N3O2/c1-5-20-15(19)13(16-4)8-18-9-17-12-6-10(2)11(3)7-14(12)18/h6-7,9,13,16H,5,8H2,1-4H3. The number of rotatable bonds is 5. The zero-order chi connectivity index (χ0) is 14.7. The summed E-state index contributed by atoms with van der Waals surface area (Å²) in [5.74, 6) is -0.235. The van der Waals surface area contributed by atoms with Crippen LogP contribution in [0.3, 0.4) is 0 Å². The fourth-order valence-electron chi connectivity index (χ4n) is 2.18. The van der Waals surface area contributed by atoms with E-state index in [1.54, 1.807) is 13.4 Å². The lowest BCUT2D eigenvalue weighted by Gasteiger charge is -2.15. The van der Waals surface area contributed by atoms with Gasteiger partial charge in [-0.2, -0.15) is 0 Å². The summed E-state index contributed by atoms with van der Waals surface area (Å²) in [6, 6.07) is 3.81. The van der Waals surface area contributed by atoms with Crippen molar-refractivity contribution in [1.82, 2.24) is 14.9 Å². The molecule has 0 bridgehead atoms. The third-order valence-corrected chi connectivity index (χ3v) is 3.54. The van der Waals surface area contributed by atoms with E-state index in [1.165, 1.54) is 11.1 Å². The number of nitrogens with zero attached hydrogens (tertiary/aromatic N) is 2. The van der Waals surface area contributed by atoms with E-state index in [1.807, 2.05) is 11.5 Å². The molecule has 1 N–H and O–H groups in total. The molecule has 0 aliphatic rings. The number of nitrogens with one attached hydrogen (secondary N) is 1. The van der Waals surface area contributed by atoms with Crippen LogP contribution in [-0.2, 0) is 16.1 Å². The minimum atomic E-state index is -0.367. The van der Waals surface area contributed by atoms with Gasteiger partial charge in [0.05, 0.1) is 30.5 Å². The lowest BCUT2D eigenvalue weighted by Crippen LogP contribution is -2.39. The second kappa shape index (κ2) is 6.05. The highest BCUT2D eigenvalue weighted by Gasteiger charge is 2.19. The quantitative estimate of drug-likeness (QED) is 0.845. The minimum Gasteiger partial charge on any atom is -0.465 e. The number of esters is 1. The topological polar surface area (TPSA) is 56.2 Å². The second-order valence-electron chi connectivity index (χ2n) is 4.92. The van der Waals surface area contributed by atoms with Crippen molar-refractivity contribution in [3.63, 3.8) is 0 Å². The third kappa shape index (κ3) is 2.82. The van der Waals surface area contributed by atoms with Crippen molar-refractivity contribution in [1.29, 1.82) is 0 Å². The Hall–Kier alpha value is -1.88.